The van der Waals surface area contributed by atoms with Crippen molar-refractivity contribution in [2.45, 2.75) is 30.7 Å². The number of carbonyl (C=O) groups excluding carboxylic acids is 1. The number of hydrogen-bond acceptors (Lipinski definition) is 4. The maximum Gasteiger partial charge on any atom is 0.409 e. The van der Waals surface area contributed by atoms with E-state index in [9.17, 15) is 4.79 Å². The molecule has 2 heterocycles. The van der Waals surface area contributed by atoms with E-state index in [2.05, 4.69) is 29.6 Å². The minimum atomic E-state index is -0.202. The zero-order valence-electron chi connectivity index (χ0n) is 12.4. The lowest BCUT2D eigenvalue weighted by Crippen LogP contribution is -2.46. The second kappa shape index (κ2) is 6.71. The number of thioether (sulfide) groups is 1. The summed E-state index contributed by atoms with van der Waals surface area (Å²) in [5.74, 6) is 2.25. The first kappa shape index (κ1) is 14.7. The zero-order valence-corrected chi connectivity index (χ0v) is 13.2. The lowest BCUT2D eigenvalue weighted by Gasteiger charge is -2.35. The molecule has 0 bridgehead atoms. The molecular formula is C16H22N2O2S. The molecule has 0 aromatic heterocycles. The van der Waals surface area contributed by atoms with E-state index in [0.29, 0.717) is 12.1 Å². The van der Waals surface area contributed by atoms with Gasteiger partial charge in [-0.15, -0.1) is 0 Å². The van der Waals surface area contributed by atoms with Crippen LogP contribution < -0.4 is 5.32 Å². The topological polar surface area (TPSA) is 41.6 Å². The molecule has 1 unspecified atom stereocenters. The number of amides is 1. The number of likely N-dealkylation sites (tertiary alicyclic amines) is 1. The first-order chi connectivity index (χ1) is 10.3. The van der Waals surface area contributed by atoms with Crippen molar-refractivity contribution in [2.75, 3.05) is 26.0 Å². The molecule has 2 aliphatic heterocycles. The van der Waals surface area contributed by atoms with Crippen LogP contribution in [-0.2, 0) is 10.5 Å². The van der Waals surface area contributed by atoms with E-state index in [0.717, 1.165) is 37.4 Å². The molecule has 3 rings (SSSR count). The van der Waals surface area contributed by atoms with Crippen LogP contribution in [0.3, 0.4) is 0 Å². The number of fused-ring (bicyclic) bond motifs is 1. The van der Waals surface area contributed by atoms with Crippen LogP contribution in [0.1, 0.15) is 30.0 Å². The van der Waals surface area contributed by atoms with Gasteiger partial charge in [-0.25, -0.2) is 4.79 Å². The van der Waals surface area contributed by atoms with E-state index in [1.54, 1.807) is 4.90 Å². The summed E-state index contributed by atoms with van der Waals surface area (Å²) < 4.78 is 4.78. The Kier molecular flexibility index (Phi) is 4.70. The van der Waals surface area contributed by atoms with Gasteiger partial charge in [0.1, 0.15) is 0 Å². The van der Waals surface area contributed by atoms with E-state index in [1.807, 2.05) is 11.8 Å². The molecule has 1 atom stereocenters. The Morgan fingerprint density at radius 3 is 2.86 bits per heavy atom. The Labute approximate surface area is 130 Å². The number of ether oxygens (including phenoxy) is 1. The minimum Gasteiger partial charge on any atom is -0.453 e. The average Bonchev–Trinajstić information content (AvgIpc) is 2.55. The molecule has 0 radical (unpaired) electrons. The third-order valence-corrected chi connectivity index (χ3v) is 5.42. The normalized spacial score (nSPS) is 22.7. The van der Waals surface area contributed by atoms with Gasteiger partial charge in [0.05, 0.1) is 7.11 Å². The van der Waals surface area contributed by atoms with Crippen molar-refractivity contribution in [1.29, 1.82) is 0 Å². The van der Waals surface area contributed by atoms with E-state index < -0.39 is 0 Å². The average molecular weight is 306 g/mol. The molecule has 1 N–H and O–H groups in total. The number of rotatable bonds is 2. The third-order valence-electron chi connectivity index (χ3n) is 4.34. The number of nitrogens with one attached hydrogen (secondary N) is 1. The lowest BCUT2D eigenvalue weighted by atomic mass is 9.98. The van der Waals surface area contributed by atoms with Gasteiger partial charge >= 0.3 is 6.09 Å². The monoisotopic (exact) mass is 306 g/mol. The van der Waals surface area contributed by atoms with Gasteiger partial charge < -0.3 is 15.0 Å². The Balaban J connectivity index is 1.58. The highest BCUT2D eigenvalue weighted by atomic mass is 32.2. The molecular weight excluding hydrogens is 284 g/mol. The van der Waals surface area contributed by atoms with Crippen LogP contribution in [0, 0.1) is 0 Å². The summed E-state index contributed by atoms with van der Waals surface area (Å²) in [4.78, 5) is 13.3. The molecule has 4 nitrogen and oxygen atoms in total. The number of carbonyl (C=O) groups is 1. The summed E-state index contributed by atoms with van der Waals surface area (Å²) in [7, 11) is 1.45. The molecule has 1 aromatic rings. The smallest absolute Gasteiger partial charge is 0.409 e. The van der Waals surface area contributed by atoms with Crippen LogP contribution in [0.5, 0.6) is 0 Å². The lowest BCUT2D eigenvalue weighted by molar-refractivity contribution is 0.109. The fourth-order valence-corrected chi connectivity index (χ4v) is 4.27. The number of nitrogens with zero attached hydrogens (tertiary/aromatic N) is 1. The quantitative estimate of drug-likeness (QED) is 0.912. The predicted molar refractivity (Wildman–Crippen MR) is 85.5 cm³/mol. The maximum absolute atomic E-state index is 11.5. The number of hydrogen-bond donors (Lipinski definition) is 1. The Bertz CT molecular complexity index is 501. The molecule has 5 heteroatoms. The first-order valence-corrected chi connectivity index (χ1v) is 8.68. The van der Waals surface area contributed by atoms with Crippen molar-refractivity contribution in [3.05, 3.63) is 35.4 Å². The molecule has 2 aliphatic rings. The molecule has 114 valence electrons. The van der Waals surface area contributed by atoms with E-state index >= 15 is 0 Å². The van der Waals surface area contributed by atoms with Gasteiger partial charge in [-0.1, -0.05) is 24.3 Å². The van der Waals surface area contributed by atoms with E-state index in [4.69, 9.17) is 4.74 Å². The maximum atomic E-state index is 11.5. The Morgan fingerprint density at radius 2 is 2.10 bits per heavy atom. The summed E-state index contributed by atoms with van der Waals surface area (Å²) in [5.41, 5.74) is 2.91. The third kappa shape index (κ3) is 3.35. The Hall–Kier alpha value is -1.20. The van der Waals surface area contributed by atoms with Crippen molar-refractivity contribution in [3.8, 4) is 0 Å². The highest BCUT2D eigenvalue weighted by Crippen LogP contribution is 2.32. The van der Waals surface area contributed by atoms with Crippen molar-refractivity contribution < 1.29 is 9.53 Å². The summed E-state index contributed by atoms with van der Waals surface area (Å²) in [6.45, 7) is 1.57. The van der Waals surface area contributed by atoms with Crippen LogP contribution in [0.15, 0.2) is 24.3 Å². The molecule has 0 spiro atoms. The number of benzene rings is 1. The van der Waals surface area contributed by atoms with Gasteiger partial charge in [0, 0.05) is 36.7 Å². The largest absolute Gasteiger partial charge is 0.453 e. The van der Waals surface area contributed by atoms with E-state index in [1.165, 1.54) is 18.2 Å². The second-order valence-electron chi connectivity index (χ2n) is 5.66. The van der Waals surface area contributed by atoms with Gasteiger partial charge in [0.25, 0.3) is 0 Å². The summed E-state index contributed by atoms with van der Waals surface area (Å²) in [6.07, 6.45) is 1.80. The highest BCUT2D eigenvalue weighted by molar-refractivity contribution is 7.98. The number of methoxy groups -OCH3 is 1. The summed E-state index contributed by atoms with van der Waals surface area (Å²) >= 11 is 2.00. The molecule has 1 fully saturated rings. The highest BCUT2D eigenvalue weighted by Gasteiger charge is 2.27. The van der Waals surface area contributed by atoms with Crippen molar-refractivity contribution in [2.24, 2.45) is 0 Å². The van der Waals surface area contributed by atoms with Crippen molar-refractivity contribution >= 4 is 17.9 Å². The number of piperidine rings is 1. The molecule has 21 heavy (non-hydrogen) atoms. The van der Waals surface area contributed by atoms with Gasteiger partial charge in [0.15, 0.2) is 0 Å². The van der Waals surface area contributed by atoms with Crippen LogP contribution in [0.4, 0.5) is 4.79 Å². The van der Waals surface area contributed by atoms with Crippen LogP contribution >= 0.6 is 11.8 Å². The molecule has 1 amide bonds. The molecule has 0 aliphatic carbocycles. The fourth-order valence-electron chi connectivity index (χ4n) is 3.16. The summed E-state index contributed by atoms with van der Waals surface area (Å²) in [5, 5.41) is 3.79. The second-order valence-corrected chi connectivity index (χ2v) is 6.69. The molecule has 1 aromatic carbocycles. The van der Waals surface area contributed by atoms with Crippen molar-refractivity contribution in [1.82, 2.24) is 10.2 Å². The SMILES string of the molecule is COC(=O)N1CCC(NC2CSCc3ccccc32)CC1. The van der Waals surface area contributed by atoms with E-state index in [-0.39, 0.29) is 6.09 Å². The minimum absolute atomic E-state index is 0.202. The van der Waals surface area contributed by atoms with Gasteiger partial charge in [-0.2, -0.15) is 11.8 Å². The Morgan fingerprint density at radius 1 is 1.33 bits per heavy atom. The predicted octanol–water partition coefficient (Wildman–Crippen LogP) is 2.79. The van der Waals surface area contributed by atoms with Crippen LogP contribution in [0.25, 0.3) is 0 Å². The van der Waals surface area contributed by atoms with Crippen LogP contribution in [-0.4, -0.2) is 43.0 Å². The summed E-state index contributed by atoms with van der Waals surface area (Å²) in [6, 6.07) is 9.66. The zero-order chi connectivity index (χ0) is 14.7. The standard InChI is InChI=1S/C16H22N2O2S/c1-20-16(19)18-8-6-13(7-9-18)17-15-11-21-10-12-4-2-3-5-14(12)15/h2-5,13,15,17H,6-11H2,1H3. The van der Waals surface area contributed by atoms with Crippen molar-refractivity contribution in [3.63, 3.8) is 0 Å². The van der Waals surface area contributed by atoms with Crippen LogP contribution in [0.2, 0.25) is 0 Å². The first-order valence-electron chi connectivity index (χ1n) is 7.52. The molecule has 1 saturated heterocycles. The van der Waals surface area contributed by atoms with Gasteiger partial charge in [-0.05, 0) is 24.0 Å². The molecule has 0 saturated carbocycles. The van der Waals surface area contributed by atoms with Gasteiger partial charge in [0.2, 0.25) is 0 Å². The van der Waals surface area contributed by atoms with Gasteiger partial charge in [-0.3, -0.25) is 0 Å². The fraction of sp³-hybridized carbons (Fsp3) is 0.562.